The average molecular weight is 526 g/mol. The quantitative estimate of drug-likeness (QED) is 0.287. The second-order valence-corrected chi connectivity index (χ2v) is 9.04. The van der Waals surface area contributed by atoms with E-state index in [1.54, 1.807) is 18.2 Å². The molecule has 3 aliphatic heterocycles. The maximum Gasteiger partial charge on any atom is 0.339 e. The number of aliphatic hydroxyl groups is 2. The van der Waals surface area contributed by atoms with E-state index in [1.807, 2.05) is 0 Å². The Morgan fingerprint density at radius 3 is 2.47 bits per heavy atom. The maximum atomic E-state index is 13.0. The van der Waals surface area contributed by atoms with E-state index in [-0.39, 0.29) is 36.7 Å². The van der Waals surface area contributed by atoms with Crippen LogP contribution in [0.4, 0.5) is 0 Å². The largest absolute Gasteiger partial charge is 0.504 e. The number of carbonyl (C=O) groups is 2. The summed E-state index contributed by atoms with van der Waals surface area (Å²) < 4.78 is 32.8. The fourth-order valence-corrected chi connectivity index (χ4v) is 4.92. The van der Waals surface area contributed by atoms with Crippen molar-refractivity contribution in [2.24, 2.45) is 0 Å². The number of phenols is 2. The van der Waals surface area contributed by atoms with Crippen molar-refractivity contribution >= 4 is 22.7 Å². The molecule has 0 aliphatic carbocycles. The number of benzene rings is 3. The Morgan fingerprint density at radius 1 is 0.974 bits per heavy atom. The van der Waals surface area contributed by atoms with E-state index in [0.717, 1.165) is 6.92 Å². The van der Waals surface area contributed by atoms with Crippen molar-refractivity contribution in [3.8, 4) is 39.9 Å². The summed E-state index contributed by atoms with van der Waals surface area (Å²) in [5.41, 5.74) is 1.42. The molecule has 3 aromatic rings. The average Bonchev–Trinajstić information content (AvgIpc) is 3.50. The number of aromatic hydroxyl groups is 2. The van der Waals surface area contributed by atoms with Gasteiger partial charge in [0, 0.05) is 23.4 Å². The molecular weight excluding hydrogens is 504 g/mol. The fourth-order valence-electron chi connectivity index (χ4n) is 4.92. The molecule has 1 saturated heterocycles. The first-order valence-electron chi connectivity index (χ1n) is 11.7. The highest BCUT2D eigenvalue weighted by Crippen LogP contribution is 2.49. The number of fused-ring (bicyclic) bond motifs is 3. The molecular formula is C26H22O12. The van der Waals surface area contributed by atoms with Gasteiger partial charge in [-0.1, -0.05) is 6.07 Å². The summed E-state index contributed by atoms with van der Waals surface area (Å²) in [6.45, 7) is 0.695. The Balaban J connectivity index is 1.53. The normalized spacial score (nSPS) is 23.7. The lowest BCUT2D eigenvalue weighted by Gasteiger charge is -2.37. The van der Waals surface area contributed by atoms with Gasteiger partial charge in [-0.25, -0.2) is 4.79 Å². The van der Waals surface area contributed by atoms with E-state index >= 15 is 0 Å². The zero-order valence-electron chi connectivity index (χ0n) is 19.9. The van der Waals surface area contributed by atoms with Crippen LogP contribution < -0.4 is 14.2 Å². The molecule has 4 atom stereocenters. The molecule has 3 heterocycles. The summed E-state index contributed by atoms with van der Waals surface area (Å²) in [6, 6.07) is 7.64. The summed E-state index contributed by atoms with van der Waals surface area (Å²) in [5.74, 6) is -1.22. The predicted molar refractivity (Wildman–Crippen MR) is 126 cm³/mol. The van der Waals surface area contributed by atoms with Crippen LogP contribution in [0.3, 0.4) is 0 Å². The minimum atomic E-state index is -1.59. The van der Waals surface area contributed by atoms with E-state index in [4.69, 9.17) is 28.4 Å². The first kappa shape index (κ1) is 24.1. The maximum absolute atomic E-state index is 13.0. The summed E-state index contributed by atoms with van der Waals surface area (Å²) in [5, 5.41) is 42.3. The molecule has 0 radical (unpaired) electrons. The second kappa shape index (κ2) is 8.94. The molecule has 12 nitrogen and oxygen atoms in total. The third-order valence-electron chi connectivity index (χ3n) is 6.63. The molecule has 1 fully saturated rings. The monoisotopic (exact) mass is 526 g/mol. The van der Waals surface area contributed by atoms with Crippen molar-refractivity contribution in [3.05, 3.63) is 41.5 Å². The molecule has 3 aliphatic rings. The van der Waals surface area contributed by atoms with E-state index in [0.29, 0.717) is 33.6 Å². The molecule has 0 bridgehead atoms. The van der Waals surface area contributed by atoms with Crippen LogP contribution in [-0.2, 0) is 25.6 Å². The van der Waals surface area contributed by atoms with Gasteiger partial charge in [-0.2, -0.15) is 0 Å². The van der Waals surface area contributed by atoms with E-state index < -0.39 is 48.0 Å². The highest BCUT2D eigenvalue weighted by atomic mass is 16.7. The Morgan fingerprint density at radius 2 is 1.71 bits per heavy atom. The summed E-state index contributed by atoms with van der Waals surface area (Å²) >= 11 is 0. The molecule has 4 N–H and O–H groups in total. The molecule has 0 spiro atoms. The SMILES string of the molecule is CC(=O)O[C@H]1[C@H](O)COC(Oc2c3c(c(-c4ccc5c(c4)OCO5)c4cc(O)c(O)cc24)C(=O)OC3)[C@@H]1O. The van der Waals surface area contributed by atoms with Crippen LogP contribution in [0.1, 0.15) is 22.8 Å². The Bertz CT molecular complexity index is 1480. The molecule has 38 heavy (non-hydrogen) atoms. The van der Waals surface area contributed by atoms with Gasteiger partial charge in [-0.05, 0) is 35.2 Å². The van der Waals surface area contributed by atoms with Crippen LogP contribution in [0.2, 0.25) is 0 Å². The Labute approximate surface area is 214 Å². The molecule has 1 unspecified atom stereocenters. The lowest BCUT2D eigenvalue weighted by molar-refractivity contribution is -0.248. The number of rotatable bonds is 4. The standard InChI is InChI=1S/C26H22O12/c1-10(27)37-24-17(30)8-34-26(22(24)31)38-23-13-6-16(29)15(28)5-12(13)20(21-14(23)7-33-25(21)32)11-2-3-18-19(4-11)36-9-35-18/h2-6,17,22,24,26,28-31H,7-9H2,1H3/t17-,22-,24+,26?/m1/s1. The van der Waals surface area contributed by atoms with Crippen molar-refractivity contribution in [3.63, 3.8) is 0 Å². The Kier molecular flexibility index (Phi) is 5.67. The number of esters is 2. The third kappa shape index (κ3) is 3.81. The van der Waals surface area contributed by atoms with Crippen LogP contribution in [-0.4, -0.2) is 70.4 Å². The highest BCUT2D eigenvalue weighted by Gasteiger charge is 2.44. The zero-order chi connectivity index (χ0) is 26.7. The van der Waals surface area contributed by atoms with Crippen molar-refractivity contribution in [1.29, 1.82) is 0 Å². The second-order valence-electron chi connectivity index (χ2n) is 9.04. The lowest BCUT2D eigenvalue weighted by Crippen LogP contribution is -2.56. The first-order valence-corrected chi connectivity index (χ1v) is 11.7. The smallest absolute Gasteiger partial charge is 0.339 e. The molecule has 0 saturated carbocycles. The van der Waals surface area contributed by atoms with Gasteiger partial charge in [0.25, 0.3) is 0 Å². The van der Waals surface area contributed by atoms with Gasteiger partial charge in [0.05, 0.1) is 12.2 Å². The van der Waals surface area contributed by atoms with Crippen LogP contribution in [0.25, 0.3) is 21.9 Å². The van der Waals surface area contributed by atoms with E-state index in [9.17, 15) is 30.0 Å². The molecule has 198 valence electrons. The fraction of sp³-hybridized carbons (Fsp3) is 0.308. The Hall–Kier alpha value is -4.26. The van der Waals surface area contributed by atoms with Gasteiger partial charge in [0.1, 0.15) is 18.5 Å². The molecule has 0 amide bonds. The van der Waals surface area contributed by atoms with Crippen molar-refractivity contribution in [2.45, 2.75) is 38.1 Å². The zero-order valence-corrected chi connectivity index (χ0v) is 19.9. The van der Waals surface area contributed by atoms with Crippen LogP contribution in [0.15, 0.2) is 30.3 Å². The number of carbonyl (C=O) groups excluding carboxylic acids is 2. The van der Waals surface area contributed by atoms with Crippen LogP contribution in [0.5, 0.6) is 28.7 Å². The van der Waals surface area contributed by atoms with E-state index in [1.165, 1.54) is 12.1 Å². The van der Waals surface area contributed by atoms with Crippen molar-refractivity contribution in [2.75, 3.05) is 13.4 Å². The van der Waals surface area contributed by atoms with E-state index in [2.05, 4.69) is 0 Å². The summed E-state index contributed by atoms with van der Waals surface area (Å²) in [4.78, 5) is 24.5. The van der Waals surface area contributed by atoms with Gasteiger partial charge in [0.15, 0.2) is 35.2 Å². The van der Waals surface area contributed by atoms with Crippen molar-refractivity contribution in [1.82, 2.24) is 0 Å². The highest BCUT2D eigenvalue weighted by molar-refractivity contribution is 6.14. The minimum absolute atomic E-state index is 0.0441. The van der Waals surface area contributed by atoms with Gasteiger partial charge < -0.3 is 48.8 Å². The number of hydrogen-bond acceptors (Lipinski definition) is 12. The summed E-state index contributed by atoms with van der Waals surface area (Å²) in [6.07, 6.45) is -5.63. The number of phenolic OH excluding ortho intramolecular Hbond substituents is 2. The molecule has 6 rings (SSSR count). The molecule has 0 aromatic heterocycles. The number of hydrogen-bond donors (Lipinski definition) is 4. The lowest BCUT2D eigenvalue weighted by atomic mass is 9.89. The number of cyclic esters (lactones) is 1. The predicted octanol–water partition coefficient (Wildman–Crippen LogP) is 1.71. The first-order chi connectivity index (χ1) is 18.2. The van der Waals surface area contributed by atoms with Crippen LogP contribution >= 0.6 is 0 Å². The minimum Gasteiger partial charge on any atom is -0.504 e. The molecule has 3 aromatic carbocycles. The molecule has 12 heteroatoms. The van der Waals surface area contributed by atoms with Crippen LogP contribution in [0, 0.1) is 0 Å². The topological polar surface area (TPSA) is 170 Å². The number of ether oxygens (including phenoxy) is 6. The third-order valence-corrected chi connectivity index (χ3v) is 6.63. The van der Waals surface area contributed by atoms with Gasteiger partial charge in [0.2, 0.25) is 13.1 Å². The summed E-state index contributed by atoms with van der Waals surface area (Å²) in [7, 11) is 0. The van der Waals surface area contributed by atoms with Crippen molar-refractivity contribution < 1.29 is 58.4 Å². The van der Waals surface area contributed by atoms with Gasteiger partial charge in [-0.3, -0.25) is 4.79 Å². The van der Waals surface area contributed by atoms with Gasteiger partial charge >= 0.3 is 11.9 Å². The number of aliphatic hydroxyl groups excluding tert-OH is 2. The van der Waals surface area contributed by atoms with Gasteiger partial charge in [-0.15, -0.1) is 0 Å².